The highest BCUT2D eigenvalue weighted by atomic mass is 15.4. The number of anilines is 1. The van der Waals surface area contributed by atoms with Gasteiger partial charge in [0.05, 0.1) is 11.4 Å². The molecule has 21 heavy (non-hydrogen) atoms. The lowest BCUT2D eigenvalue weighted by Crippen LogP contribution is -2.27. The van der Waals surface area contributed by atoms with Gasteiger partial charge in [0.15, 0.2) is 0 Å². The van der Waals surface area contributed by atoms with E-state index >= 15 is 0 Å². The van der Waals surface area contributed by atoms with Crippen molar-refractivity contribution < 1.29 is 0 Å². The summed E-state index contributed by atoms with van der Waals surface area (Å²) in [4.78, 5) is 2.35. The van der Waals surface area contributed by atoms with Crippen molar-refractivity contribution in [3.05, 3.63) is 41.6 Å². The Morgan fingerprint density at radius 2 is 1.81 bits per heavy atom. The molecule has 0 aliphatic rings. The monoisotopic (exact) mass is 286 g/mol. The fourth-order valence-corrected chi connectivity index (χ4v) is 2.71. The maximum Gasteiger partial charge on any atom is 0.135 e. The molecule has 0 aliphatic carbocycles. The summed E-state index contributed by atoms with van der Waals surface area (Å²) < 4.78 is 2.06. The number of aryl methyl sites for hydroxylation is 1. The SMILES string of the molecule is CCN(CC)c1c(CC(C)N)c(C)nn1-c1ccccc1. The molecule has 0 amide bonds. The molecular formula is C17H26N4. The summed E-state index contributed by atoms with van der Waals surface area (Å²) in [5, 5.41) is 4.77. The van der Waals surface area contributed by atoms with Gasteiger partial charge in [-0.15, -0.1) is 0 Å². The smallest absolute Gasteiger partial charge is 0.135 e. The molecule has 0 fully saturated rings. The number of aromatic nitrogens is 2. The predicted molar refractivity (Wildman–Crippen MR) is 89.2 cm³/mol. The Kier molecular flexibility index (Phi) is 5.02. The molecule has 2 aromatic rings. The van der Waals surface area contributed by atoms with Crippen molar-refractivity contribution >= 4 is 5.82 Å². The van der Waals surface area contributed by atoms with E-state index in [1.165, 1.54) is 11.4 Å². The Labute approximate surface area is 127 Å². The zero-order valence-electron chi connectivity index (χ0n) is 13.5. The molecule has 1 unspecified atom stereocenters. The van der Waals surface area contributed by atoms with Gasteiger partial charge in [0.1, 0.15) is 5.82 Å². The van der Waals surface area contributed by atoms with Gasteiger partial charge in [0, 0.05) is 24.7 Å². The van der Waals surface area contributed by atoms with E-state index in [0.717, 1.165) is 30.9 Å². The van der Waals surface area contributed by atoms with E-state index < -0.39 is 0 Å². The second kappa shape index (κ2) is 6.76. The summed E-state index contributed by atoms with van der Waals surface area (Å²) in [5.74, 6) is 1.18. The van der Waals surface area contributed by atoms with Gasteiger partial charge in [-0.05, 0) is 46.2 Å². The van der Waals surface area contributed by atoms with Crippen LogP contribution in [0.2, 0.25) is 0 Å². The summed E-state index contributed by atoms with van der Waals surface area (Å²) in [7, 11) is 0. The standard InChI is InChI=1S/C17H26N4/c1-5-20(6-2)17-16(12-13(3)18)14(4)19-21(17)15-10-8-7-9-11-15/h7-11,13H,5-6,12,18H2,1-4H3. The minimum absolute atomic E-state index is 0.131. The van der Waals surface area contributed by atoms with Crippen LogP contribution >= 0.6 is 0 Å². The summed E-state index contributed by atoms with van der Waals surface area (Å²) in [6, 6.07) is 10.4. The average Bonchev–Trinajstić information content (AvgIpc) is 2.79. The van der Waals surface area contributed by atoms with E-state index in [0.29, 0.717) is 0 Å². The van der Waals surface area contributed by atoms with Crippen molar-refractivity contribution in [3.63, 3.8) is 0 Å². The van der Waals surface area contributed by atoms with Crippen molar-refractivity contribution in [2.45, 2.75) is 40.2 Å². The first-order valence-corrected chi connectivity index (χ1v) is 7.72. The van der Waals surface area contributed by atoms with Gasteiger partial charge in [0.2, 0.25) is 0 Å². The van der Waals surface area contributed by atoms with Crippen molar-refractivity contribution in [1.82, 2.24) is 9.78 Å². The van der Waals surface area contributed by atoms with Crippen molar-refractivity contribution in [2.75, 3.05) is 18.0 Å². The number of hydrogen-bond acceptors (Lipinski definition) is 3. The van der Waals surface area contributed by atoms with Crippen LogP contribution in [0.3, 0.4) is 0 Å². The second-order valence-electron chi connectivity index (χ2n) is 5.49. The fourth-order valence-electron chi connectivity index (χ4n) is 2.71. The predicted octanol–water partition coefficient (Wildman–Crippen LogP) is 2.92. The maximum atomic E-state index is 6.04. The van der Waals surface area contributed by atoms with Crippen LogP contribution in [0.25, 0.3) is 5.69 Å². The van der Waals surface area contributed by atoms with Crippen LogP contribution in [0, 0.1) is 6.92 Å². The molecule has 0 saturated heterocycles. The van der Waals surface area contributed by atoms with E-state index in [9.17, 15) is 0 Å². The molecule has 4 nitrogen and oxygen atoms in total. The highest BCUT2D eigenvalue weighted by Crippen LogP contribution is 2.28. The van der Waals surface area contributed by atoms with E-state index in [2.05, 4.69) is 42.5 Å². The van der Waals surface area contributed by atoms with Crippen LogP contribution in [0.5, 0.6) is 0 Å². The molecule has 2 N–H and O–H groups in total. The first-order chi connectivity index (χ1) is 10.1. The van der Waals surface area contributed by atoms with Crippen LogP contribution in [-0.2, 0) is 6.42 Å². The van der Waals surface area contributed by atoms with Gasteiger partial charge in [-0.25, -0.2) is 4.68 Å². The molecule has 2 rings (SSSR count). The summed E-state index contributed by atoms with van der Waals surface area (Å²) in [6.45, 7) is 10.4. The van der Waals surface area contributed by atoms with Gasteiger partial charge in [-0.2, -0.15) is 5.10 Å². The van der Waals surface area contributed by atoms with Crippen molar-refractivity contribution in [2.24, 2.45) is 5.73 Å². The molecule has 0 saturated carbocycles. The number of para-hydroxylation sites is 1. The Hall–Kier alpha value is -1.81. The highest BCUT2D eigenvalue weighted by Gasteiger charge is 2.20. The lowest BCUT2D eigenvalue weighted by atomic mass is 10.1. The van der Waals surface area contributed by atoms with E-state index in [4.69, 9.17) is 10.8 Å². The van der Waals surface area contributed by atoms with Crippen LogP contribution in [-0.4, -0.2) is 28.9 Å². The van der Waals surface area contributed by atoms with Crippen LogP contribution < -0.4 is 10.6 Å². The Bertz CT molecular complexity index is 568. The zero-order valence-corrected chi connectivity index (χ0v) is 13.5. The third-order valence-electron chi connectivity index (χ3n) is 3.75. The maximum absolute atomic E-state index is 6.04. The van der Waals surface area contributed by atoms with Crippen LogP contribution in [0.15, 0.2) is 30.3 Å². The molecule has 1 aromatic carbocycles. The molecule has 1 heterocycles. The van der Waals surface area contributed by atoms with Gasteiger partial charge >= 0.3 is 0 Å². The topological polar surface area (TPSA) is 47.1 Å². The zero-order chi connectivity index (χ0) is 15.4. The first-order valence-electron chi connectivity index (χ1n) is 7.72. The normalized spacial score (nSPS) is 12.4. The third-order valence-corrected chi connectivity index (χ3v) is 3.75. The highest BCUT2D eigenvalue weighted by molar-refractivity contribution is 5.55. The Morgan fingerprint density at radius 3 is 2.33 bits per heavy atom. The molecular weight excluding hydrogens is 260 g/mol. The largest absolute Gasteiger partial charge is 0.357 e. The second-order valence-corrected chi connectivity index (χ2v) is 5.49. The Morgan fingerprint density at radius 1 is 1.19 bits per heavy atom. The molecule has 0 bridgehead atoms. The lowest BCUT2D eigenvalue weighted by Gasteiger charge is -2.24. The molecule has 1 aromatic heterocycles. The lowest BCUT2D eigenvalue weighted by molar-refractivity contribution is 0.725. The number of nitrogens with two attached hydrogens (primary N) is 1. The van der Waals surface area contributed by atoms with Gasteiger partial charge in [-0.1, -0.05) is 18.2 Å². The van der Waals surface area contributed by atoms with Gasteiger partial charge in [0.25, 0.3) is 0 Å². The van der Waals surface area contributed by atoms with Gasteiger partial charge in [-0.3, -0.25) is 0 Å². The molecule has 114 valence electrons. The van der Waals surface area contributed by atoms with E-state index in [-0.39, 0.29) is 6.04 Å². The number of hydrogen-bond donors (Lipinski definition) is 1. The average molecular weight is 286 g/mol. The Balaban J connectivity index is 2.59. The van der Waals surface area contributed by atoms with E-state index in [1.807, 2.05) is 25.1 Å². The first kappa shape index (κ1) is 15.6. The number of nitrogens with zero attached hydrogens (tertiary/aromatic N) is 3. The number of rotatable bonds is 6. The molecule has 0 spiro atoms. The molecule has 1 atom stereocenters. The minimum atomic E-state index is 0.131. The minimum Gasteiger partial charge on any atom is -0.357 e. The quantitative estimate of drug-likeness (QED) is 0.888. The molecule has 4 heteroatoms. The number of benzene rings is 1. The van der Waals surface area contributed by atoms with Gasteiger partial charge < -0.3 is 10.6 Å². The van der Waals surface area contributed by atoms with Crippen LogP contribution in [0.4, 0.5) is 5.82 Å². The molecule has 0 radical (unpaired) electrons. The summed E-state index contributed by atoms with van der Waals surface area (Å²) >= 11 is 0. The summed E-state index contributed by atoms with van der Waals surface area (Å²) in [6.07, 6.45) is 0.852. The fraction of sp³-hybridized carbons (Fsp3) is 0.471. The van der Waals surface area contributed by atoms with Crippen molar-refractivity contribution in [3.8, 4) is 5.69 Å². The summed E-state index contributed by atoms with van der Waals surface area (Å²) in [5.41, 5.74) is 9.46. The molecule has 0 aliphatic heterocycles. The van der Waals surface area contributed by atoms with Crippen LogP contribution in [0.1, 0.15) is 32.0 Å². The van der Waals surface area contributed by atoms with E-state index in [1.54, 1.807) is 0 Å². The third kappa shape index (κ3) is 3.27. The van der Waals surface area contributed by atoms with Crippen molar-refractivity contribution in [1.29, 1.82) is 0 Å².